The molecule has 0 saturated carbocycles. The van der Waals surface area contributed by atoms with Gasteiger partial charge in [0.15, 0.2) is 9.84 Å². The van der Waals surface area contributed by atoms with Crippen LogP contribution in [0.15, 0.2) is 24.3 Å². The van der Waals surface area contributed by atoms with Crippen LogP contribution in [-0.4, -0.2) is 13.7 Å². The molecule has 0 unspecified atom stereocenters. The number of fused-ring (bicyclic) bond motifs is 1. The summed E-state index contributed by atoms with van der Waals surface area (Å²) in [7, 11) is -3.00. The van der Waals surface area contributed by atoms with Crippen LogP contribution in [0.25, 0.3) is 10.1 Å². The first-order valence-corrected chi connectivity index (χ1v) is 8.13. The van der Waals surface area contributed by atoms with Gasteiger partial charge in [0.1, 0.15) is 0 Å². The summed E-state index contributed by atoms with van der Waals surface area (Å²) in [4.78, 5) is 0.933. The number of rotatable bonds is 3. The van der Waals surface area contributed by atoms with Gasteiger partial charge in [-0.05, 0) is 37.8 Å². The normalized spacial score (nSPS) is 12.5. The van der Waals surface area contributed by atoms with E-state index in [2.05, 4.69) is 13.0 Å². The van der Waals surface area contributed by atoms with Crippen molar-refractivity contribution in [2.75, 3.05) is 0 Å². The predicted octanol–water partition coefficient (Wildman–Crippen LogP) is 3.53. The van der Waals surface area contributed by atoms with Crippen molar-refractivity contribution >= 4 is 31.3 Å². The maximum atomic E-state index is 11.9. The standard InChI is InChI=1S/C13H16O2S2/c1-9(2)17(14,15)8-12-7-11-6-4-5-10(3)13(11)16-12/h4-7,9H,8H2,1-3H3. The largest absolute Gasteiger partial charge is 0.228 e. The third kappa shape index (κ3) is 2.53. The number of hydrogen-bond acceptors (Lipinski definition) is 3. The lowest BCUT2D eigenvalue weighted by atomic mass is 10.2. The average Bonchev–Trinajstić information content (AvgIpc) is 2.60. The lowest BCUT2D eigenvalue weighted by Crippen LogP contribution is -2.15. The van der Waals surface area contributed by atoms with Gasteiger partial charge in [0, 0.05) is 9.58 Å². The molecule has 92 valence electrons. The Morgan fingerprint density at radius 3 is 2.59 bits per heavy atom. The molecule has 0 saturated heterocycles. The smallest absolute Gasteiger partial charge is 0.157 e. The summed E-state index contributed by atoms with van der Waals surface area (Å²) in [6.07, 6.45) is 0. The molecule has 0 N–H and O–H groups in total. The molecule has 0 atom stereocenters. The Hall–Kier alpha value is -0.870. The van der Waals surface area contributed by atoms with E-state index in [0.717, 1.165) is 10.3 Å². The van der Waals surface area contributed by atoms with E-state index in [9.17, 15) is 8.42 Å². The monoisotopic (exact) mass is 268 g/mol. The summed E-state index contributed by atoms with van der Waals surface area (Å²) in [6.45, 7) is 5.52. The van der Waals surface area contributed by atoms with Gasteiger partial charge in [0.05, 0.1) is 11.0 Å². The summed E-state index contributed by atoms with van der Waals surface area (Å²) < 4.78 is 24.9. The molecule has 0 aliphatic rings. The zero-order valence-electron chi connectivity index (χ0n) is 10.2. The molecule has 2 nitrogen and oxygen atoms in total. The van der Waals surface area contributed by atoms with Crippen molar-refractivity contribution in [3.05, 3.63) is 34.7 Å². The fraction of sp³-hybridized carbons (Fsp3) is 0.385. The molecule has 1 aromatic carbocycles. The molecular formula is C13H16O2S2. The van der Waals surface area contributed by atoms with Crippen LogP contribution in [0.1, 0.15) is 24.3 Å². The van der Waals surface area contributed by atoms with Crippen LogP contribution in [-0.2, 0) is 15.6 Å². The first-order chi connectivity index (χ1) is 7.90. The molecule has 0 aliphatic heterocycles. The van der Waals surface area contributed by atoms with Gasteiger partial charge in [-0.1, -0.05) is 18.2 Å². The lowest BCUT2D eigenvalue weighted by Gasteiger charge is -2.04. The van der Waals surface area contributed by atoms with Gasteiger partial charge in [0.25, 0.3) is 0 Å². The van der Waals surface area contributed by atoms with Crippen LogP contribution in [0, 0.1) is 6.92 Å². The Morgan fingerprint density at radius 2 is 2.00 bits per heavy atom. The van der Waals surface area contributed by atoms with Crippen molar-refractivity contribution < 1.29 is 8.42 Å². The Bertz CT molecular complexity index is 636. The fourth-order valence-electron chi connectivity index (χ4n) is 1.70. The molecule has 4 heteroatoms. The quantitative estimate of drug-likeness (QED) is 0.853. The van der Waals surface area contributed by atoms with Crippen molar-refractivity contribution in [2.24, 2.45) is 0 Å². The maximum Gasteiger partial charge on any atom is 0.157 e. The van der Waals surface area contributed by atoms with Gasteiger partial charge < -0.3 is 0 Å². The van der Waals surface area contributed by atoms with Crippen LogP contribution in [0.4, 0.5) is 0 Å². The minimum Gasteiger partial charge on any atom is -0.228 e. The number of sulfone groups is 1. The highest BCUT2D eigenvalue weighted by atomic mass is 32.2. The number of aryl methyl sites for hydroxylation is 1. The van der Waals surface area contributed by atoms with Crippen LogP contribution < -0.4 is 0 Å². The van der Waals surface area contributed by atoms with Crippen molar-refractivity contribution in [1.29, 1.82) is 0 Å². The Balaban J connectivity index is 2.42. The van der Waals surface area contributed by atoms with E-state index in [-0.39, 0.29) is 11.0 Å². The lowest BCUT2D eigenvalue weighted by molar-refractivity contribution is 0.587. The second kappa shape index (κ2) is 4.42. The molecule has 17 heavy (non-hydrogen) atoms. The molecule has 0 fully saturated rings. The molecule has 0 radical (unpaired) electrons. The SMILES string of the molecule is Cc1cccc2cc(CS(=O)(=O)C(C)C)sc12. The van der Waals surface area contributed by atoms with E-state index < -0.39 is 9.84 Å². The minimum atomic E-state index is -3.00. The summed E-state index contributed by atoms with van der Waals surface area (Å²) in [6, 6.07) is 8.09. The van der Waals surface area contributed by atoms with Gasteiger partial charge >= 0.3 is 0 Å². The summed E-state index contributed by atoms with van der Waals surface area (Å²) >= 11 is 1.59. The second-order valence-corrected chi connectivity index (χ2v) is 8.26. The topological polar surface area (TPSA) is 34.1 Å². The second-order valence-electron chi connectivity index (χ2n) is 4.56. The van der Waals surface area contributed by atoms with Gasteiger partial charge in [-0.25, -0.2) is 8.42 Å². The van der Waals surface area contributed by atoms with E-state index in [1.807, 2.05) is 18.2 Å². The third-order valence-corrected chi connectivity index (χ3v) is 6.47. The third-order valence-electron chi connectivity index (χ3n) is 2.85. The Labute approximate surface area is 106 Å². The van der Waals surface area contributed by atoms with Crippen LogP contribution in [0.5, 0.6) is 0 Å². The molecule has 0 aliphatic carbocycles. The Morgan fingerprint density at radius 1 is 1.29 bits per heavy atom. The average molecular weight is 268 g/mol. The highest BCUT2D eigenvalue weighted by Gasteiger charge is 2.18. The van der Waals surface area contributed by atoms with Crippen molar-refractivity contribution in [3.8, 4) is 0 Å². The molecule has 2 aromatic rings. The molecule has 0 spiro atoms. The van der Waals surface area contributed by atoms with E-state index in [0.29, 0.717) is 0 Å². The van der Waals surface area contributed by atoms with Crippen molar-refractivity contribution in [3.63, 3.8) is 0 Å². The molecule has 2 rings (SSSR count). The summed E-state index contributed by atoms with van der Waals surface area (Å²) in [5.74, 6) is 0.156. The van der Waals surface area contributed by atoms with Gasteiger partial charge in [-0.2, -0.15) is 0 Å². The summed E-state index contributed by atoms with van der Waals surface area (Å²) in [5.41, 5.74) is 1.21. The first-order valence-electron chi connectivity index (χ1n) is 5.60. The number of hydrogen-bond donors (Lipinski definition) is 0. The maximum absolute atomic E-state index is 11.9. The van der Waals surface area contributed by atoms with Crippen LogP contribution in [0.2, 0.25) is 0 Å². The van der Waals surface area contributed by atoms with Gasteiger partial charge in [-0.3, -0.25) is 0 Å². The highest BCUT2D eigenvalue weighted by molar-refractivity contribution is 7.91. The minimum absolute atomic E-state index is 0.156. The molecule has 1 heterocycles. The molecular weight excluding hydrogens is 252 g/mol. The van der Waals surface area contributed by atoms with Gasteiger partial charge in [-0.15, -0.1) is 11.3 Å². The molecule has 0 amide bonds. The summed E-state index contributed by atoms with van der Waals surface area (Å²) in [5, 5.41) is 0.831. The number of thiophene rings is 1. The Kier molecular flexibility index (Phi) is 3.27. The zero-order chi connectivity index (χ0) is 12.6. The molecule has 1 aromatic heterocycles. The predicted molar refractivity (Wildman–Crippen MR) is 74.3 cm³/mol. The van der Waals surface area contributed by atoms with E-state index in [1.54, 1.807) is 25.2 Å². The highest BCUT2D eigenvalue weighted by Crippen LogP contribution is 2.30. The zero-order valence-corrected chi connectivity index (χ0v) is 11.9. The van der Waals surface area contributed by atoms with Crippen LogP contribution >= 0.6 is 11.3 Å². The van der Waals surface area contributed by atoms with Gasteiger partial charge in [0.2, 0.25) is 0 Å². The van der Waals surface area contributed by atoms with E-state index in [4.69, 9.17) is 0 Å². The molecule has 0 bridgehead atoms. The van der Waals surface area contributed by atoms with Crippen molar-refractivity contribution in [1.82, 2.24) is 0 Å². The van der Waals surface area contributed by atoms with Crippen LogP contribution in [0.3, 0.4) is 0 Å². The van der Waals surface area contributed by atoms with Crippen molar-refractivity contribution in [2.45, 2.75) is 31.8 Å². The fourth-order valence-corrected chi connectivity index (χ4v) is 4.16. The van der Waals surface area contributed by atoms with E-state index in [1.165, 1.54) is 10.3 Å². The number of benzene rings is 1. The first kappa shape index (κ1) is 12.6. The van der Waals surface area contributed by atoms with E-state index >= 15 is 0 Å².